The van der Waals surface area contributed by atoms with E-state index in [4.69, 9.17) is 12.2 Å². The van der Waals surface area contributed by atoms with E-state index in [0.29, 0.717) is 12.5 Å². The van der Waals surface area contributed by atoms with Crippen molar-refractivity contribution >= 4 is 29.2 Å². The Hall–Kier alpha value is -1.62. The highest BCUT2D eigenvalue weighted by atomic mass is 32.1. The highest BCUT2D eigenvalue weighted by Crippen LogP contribution is 2.19. The molecule has 1 heterocycles. The van der Waals surface area contributed by atoms with Crippen LogP contribution in [0, 0.1) is 4.77 Å². The number of hydrogen-bond donors (Lipinski definition) is 2. The Morgan fingerprint density at radius 3 is 3.00 bits per heavy atom. The number of rotatable bonds is 5. The number of para-hydroxylation sites is 2. The number of carbonyl (C=O) groups excluding carboxylic acids is 1. The first kappa shape index (κ1) is 12.4. The van der Waals surface area contributed by atoms with Crippen molar-refractivity contribution in [1.82, 2.24) is 14.9 Å². The van der Waals surface area contributed by atoms with Crippen molar-refractivity contribution in [3.8, 4) is 0 Å². The first-order chi connectivity index (χ1) is 9.24. The third-order valence-corrected chi connectivity index (χ3v) is 3.73. The molecule has 1 saturated carbocycles. The minimum atomic E-state index is 0.161. The number of amides is 1. The molecule has 1 aromatic carbocycles. The molecule has 1 aliphatic carbocycles. The van der Waals surface area contributed by atoms with Gasteiger partial charge in [-0.15, -0.1) is 0 Å². The molecular weight excluding hydrogens is 258 g/mol. The third kappa shape index (κ3) is 2.87. The van der Waals surface area contributed by atoms with Gasteiger partial charge in [-0.3, -0.25) is 4.79 Å². The second-order valence-electron chi connectivity index (χ2n) is 5.04. The van der Waals surface area contributed by atoms with Crippen LogP contribution < -0.4 is 5.32 Å². The molecule has 3 rings (SSSR count). The molecule has 100 valence electrons. The molecule has 2 N–H and O–H groups in total. The lowest BCUT2D eigenvalue weighted by atomic mass is 10.2. The molecule has 2 aromatic rings. The van der Waals surface area contributed by atoms with Crippen molar-refractivity contribution < 1.29 is 4.79 Å². The average molecular weight is 275 g/mol. The zero-order valence-corrected chi connectivity index (χ0v) is 11.5. The van der Waals surface area contributed by atoms with Gasteiger partial charge >= 0.3 is 0 Å². The smallest absolute Gasteiger partial charge is 0.220 e. The maximum absolute atomic E-state index is 11.6. The highest BCUT2D eigenvalue weighted by molar-refractivity contribution is 7.71. The Morgan fingerprint density at radius 1 is 1.42 bits per heavy atom. The van der Waals surface area contributed by atoms with Gasteiger partial charge < -0.3 is 14.9 Å². The van der Waals surface area contributed by atoms with Crippen LogP contribution in [0.3, 0.4) is 0 Å². The maximum atomic E-state index is 11.6. The number of aromatic amines is 1. The number of fused-ring (bicyclic) bond motifs is 1. The Bertz CT molecular complexity index is 654. The van der Waals surface area contributed by atoms with E-state index in [1.807, 2.05) is 24.3 Å². The fourth-order valence-electron chi connectivity index (χ4n) is 2.25. The van der Waals surface area contributed by atoms with Gasteiger partial charge in [-0.1, -0.05) is 12.1 Å². The number of benzene rings is 1. The maximum Gasteiger partial charge on any atom is 0.220 e. The van der Waals surface area contributed by atoms with Crippen LogP contribution in [-0.2, 0) is 11.3 Å². The fraction of sp³-hybridized carbons (Fsp3) is 0.429. The second-order valence-corrected chi connectivity index (χ2v) is 5.43. The van der Waals surface area contributed by atoms with E-state index in [0.717, 1.165) is 41.6 Å². The molecule has 19 heavy (non-hydrogen) atoms. The number of carbonyl (C=O) groups is 1. The zero-order valence-electron chi connectivity index (χ0n) is 10.7. The number of H-pyrrole nitrogens is 1. The lowest BCUT2D eigenvalue weighted by Crippen LogP contribution is -2.25. The summed E-state index contributed by atoms with van der Waals surface area (Å²) in [5.41, 5.74) is 2.16. The zero-order chi connectivity index (χ0) is 13.2. The van der Waals surface area contributed by atoms with E-state index in [1.165, 1.54) is 0 Å². The van der Waals surface area contributed by atoms with Crippen LogP contribution in [0.4, 0.5) is 0 Å². The second kappa shape index (κ2) is 5.17. The van der Waals surface area contributed by atoms with Crippen molar-refractivity contribution in [1.29, 1.82) is 0 Å². The molecule has 0 atom stereocenters. The summed E-state index contributed by atoms with van der Waals surface area (Å²) in [6, 6.07) is 8.50. The van der Waals surface area contributed by atoms with Gasteiger partial charge in [0.2, 0.25) is 5.91 Å². The molecule has 0 saturated heterocycles. The largest absolute Gasteiger partial charge is 0.353 e. The summed E-state index contributed by atoms with van der Waals surface area (Å²) in [5.74, 6) is 0.161. The summed E-state index contributed by atoms with van der Waals surface area (Å²) in [6.45, 7) is 0.779. The standard InChI is InChI=1S/C14H17N3OS/c18-13(15-10-7-8-10)6-3-9-17-12-5-2-1-4-11(12)16-14(17)19/h1-2,4-5,10H,3,6-9H2,(H,15,18)(H,16,19). The number of aromatic nitrogens is 2. The lowest BCUT2D eigenvalue weighted by Gasteiger charge is -2.05. The number of nitrogens with zero attached hydrogens (tertiary/aromatic N) is 1. The molecule has 1 aliphatic rings. The number of hydrogen-bond acceptors (Lipinski definition) is 2. The number of imidazole rings is 1. The van der Waals surface area contributed by atoms with Crippen LogP contribution in [0.25, 0.3) is 11.0 Å². The van der Waals surface area contributed by atoms with Gasteiger partial charge in [0.25, 0.3) is 0 Å². The minimum Gasteiger partial charge on any atom is -0.353 e. The van der Waals surface area contributed by atoms with Gasteiger partial charge in [0.15, 0.2) is 4.77 Å². The molecular formula is C14H17N3OS. The van der Waals surface area contributed by atoms with E-state index in [2.05, 4.69) is 14.9 Å². The molecule has 0 unspecified atom stereocenters. The van der Waals surface area contributed by atoms with Crippen molar-refractivity contribution in [3.63, 3.8) is 0 Å². The van der Waals surface area contributed by atoms with Crippen LogP contribution in [0.5, 0.6) is 0 Å². The van der Waals surface area contributed by atoms with Gasteiger partial charge in [0.05, 0.1) is 11.0 Å². The third-order valence-electron chi connectivity index (χ3n) is 3.41. The Labute approximate surface area is 116 Å². The van der Waals surface area contributed by atoms with E-state index in [9.17, 15) is 4.79 Å². The fourth-order valence-corrected chi connectivity index (χ4v) is 2.55. The Morgan fingerprint density at radius 2 is 2.21 bits per heavy atom. The normalized spacial score (nSPS) is 14.7. The van der Waals surface area contributed by atoms with Gasteiger partial charge in [-0.05, 0) is 43.6 Å². The lowest BCUT2D eigenvalue weighted by molar-refractivity contribution is -0.121. The van der Waals surface area contributed by atoms with Gasteiger partial charge in [-0.25, -0.2) is 0 Å². The van der Waals surface area contributed by atoms with E-state index in [-0.39, 0.29) is 5.91 Å². The summed E-state index contributed by atoms with van der Waals surface area (Å²) < 4.78 is 2.79. The van der Waals surface area contributed by atoms with Crippen molar-refractivity contribution in [2.45, 2.75) is 38.3 Å². The average Bonchev–Trinajstić information content (AvgIpc) is 3.14. The van der Waals surface area contributed by atoms with Crippen molar-refractivity contribution in [2.24, 2.45) is 0 Å². The number of nitrogens with one attached hydrogen (secondary N) is 2. The quantitative estimate of drug-likeness (QED) is 0.824. The molecule has 1 aromatic heterocycles. The van der Waals surface area contributed by atoms with Crippen molar-refractivity contribution in [3.05, 3.63) is 29.0 Å². The molecule has 0 bridgehead atoms. The van der Waals surface area contributed by atoms with Crippen LogP contribution in [-0.4, -0.2) is 21.5 Å². The van der Waals surface area contributed by atoms with E-state index in [1.54, 1.807) is 0 Å². The molecule has 1 fully saturated rings. The van der Waals surface area contributed by atoms with E-state index >= 15 is 0 Å². The van der Waals surface area contributed by atoms with Gasteiger partial charge in [0, 0.05) is 19.0 Å². The summed E-state index contributed by atoms with van der Waals surface area (Å²) >= 11 is 5.32. The van der Waals surface area contributed by atoms with Gasteiger partial charge in [-0.2, -0.15) is 0 Å². The van der Waals surface area contributed by atoms with Crippen molar-refractivity contribution in [2.75, 3.05) is 0 Å². The highest BCUT2D eigenvalue weighted by Gasteiger charge is 2.22. The molecule has 4 nitrogen and oxygen atoms in total. The Balaban J connectivity index is 1.63. The predicted molar refractivity (Wildman–Crippen MR) is 77.5 cm³/mol. The van der Waals surface area contributed by atoms with Crippen LogP contribution in [0.1, 0.15) is 25.7 Å². The first-order valence-corrected chi connectivity index (χ1v) is 7.12. The molecule has 0 aliphatic heterocycles. The predicted octanol–water partition coefficient (Wildman–Crippen LogP) is 2.76. The monoisotopic (exact) mass is 275 g/mol. The minimum absolute atomic E-state index is 0.161. The van der Waals surface area contributed by atoms with E-state index < -0.39 is 0 Å². The summed E-state index contributed by atoms with van der Waals surface area (Å²) in [7, 11) is 0. The topological polar surface area (TPSA) is 49.8 Å². The summed E-state index contributed by atoms with van der Waals surface area (Å²) in [6.07, 6.45) is 3.66. The molecule has 0 spiro atoms. The molecule has 1 amide bonds. The molecule has 5 heteroatoms. The van der Waals surface area contributed by atoms with Crippen LogP contribution in [0.2, 0.25) is 0 Å². The Kier molecular flexibility index (Phi) is 3.38. The van der Waals surface area contributed by atoms with Gasteiger partial charge in [0.1, 0.15) is 0 Å². The van der Waals surface area contributed by atoms with Crippen LogP contribution >= 0.6 is 12.2 Å². The first-order valence-electron chi connectivity index (χ1n) is 6.71. The summed E-state index contributed by atoms with van der Waals surface area (Å²) in [5, 5.41) is 3.00. The van der Waals surface area contributed by atoms with Crippen LogP contribution in [0.15, 0.2) is 24.3 Å². The molecule has 0 radical (unpaired) electrons. The summed E-state index contributed by atoms with van der Waals surface area (Å²) in [4.78, 5) is 14.8. The SMILES string of the molecule is O=C(CCCn1c(=S)[nH]c2ccccc21)NC1CC1. The number of aryl methyl sites for hydroxylation is 1.